The molecule has 1 atom stereocenters. The van der Waals surface area contributed by atoms with E-state index in [1.165, 1.54) is 20.7 Å². The number of nitrogens with one attached hydrogen (secondary N) is 1. The van der Waals surface area contributed by atoms with Gasteiger partial charge >= 0.3 is 0 Å². The van der Waals surface area contributed by atoms with E-state index in [-0.39, 0.29) is 6.04 Å². The average molecular weight is 274 g/mol. The Bertz CT molecular complexity index is 669. The second-order valence-corrected chi connectivity index (χ2v) is 6.35. The van der Waals surface area contributed by atoms with E-state index in [0.717, 1.165) is 5.52 Å². The third-order valence-corrected chi connectivity index (χ3v) is 4.76. The molecule has 0 aliphatic rings. The molecule has 0 aliphatic heterocycles. The number of pyridine rings is 1. The lowest BCUT2D eigenvalue weighted by molar-refractivity contribution is 0.692. The average Bonchev–Trinajstić information content (AvgIpc) is 2.99. The predicted octanol–water partition coefficient (Wildman–Crippen LogP) is 3.98. The van der Waals surface area contributed by atoms with Gasteiger partial charge in [-0.2, -0.15) is 0 Å². The molecule has 3 heterocycles. The third-order valence-electron chi connectivity index (χ3n) is 3.03. The van der Waals surface area contributed by atoms with Crippen molar-refractivity contribution in [3.63, 3.8) is 0 Å². The highest BCUT2D eigenvalue weighted by Gasteiger charge is 2.14. The summed E-state index contributed by atoms with van der Waals surface area (Å²) in [6.45, 7) is 2.14. The van der Waals surface area contributed by atoms with Gasteiger partial charge in [0.2, 0.25) is 0 Å². The summed E-state index contributed by atoms with van der Waals surface area (Å²) in [7, 11) is 2.00. The van der Waals surface area contributed by atoms with Crippen molar-refractivity contribution < 1.29 is 0 Å². The molecule has 0 aliphatic carbocycles. The number of aromatic nitrogens is 1. The van der Waals surface area contributed by atoms with Crippen LogP contribution in [0.1, 0.15) is 22.0 Å². The van der Waals surface area contributed by atoms with Gasteiger partial charge in [-0.25, -0.2) is 0 Å². The Kier molecular flexibility index (Phi) is 3.16. The molecule has 3 rings (SSSR count). The first-order valence-corrected chi connectivity index (χ1v) is 7.59. The van der Waals surface area contributed by atoms with E-state index in [0.29, 0.717) is 0 Å². The summed E-state index contributed by atoms with van der Waals surface area (Å²) in [5.74, 6) is 0. The van der Waals surface area contributed by atoms with Crippen molar-refractivity contribution in [2.24, 2.45) is 0 Å². The van der Waals surface area contributed by atoms with Crippen LogP contribution < -0.4 is 5.32 Å². The topological polar surface area (TPSA) is 24.9 Å². The SMILES string of the molecule is CNC(c1csc(C)c1)c1cnc2ccsc2c1. The van der Waals surface area contributed by atoms with Crippen LogP contribution in [0.3, 0.4) is 0 Å². The number of thiophene rings is 2. The van der Waals surface area contributed by atoms with Crippen molar-refractivity contribution in [2.45, 2.75) is 13.0 Å². The van der Waals surface area contributed by atoms with Crippen LogP contribution in [0.2, 0.25) is 0 Å². The summed E-state index contributed by atoms with van der Waals surface area (Å²) in [6.07, 6.45) is 1.98. The molecule has 0 aromatic carbocycles. The van der Waals surface area contributed by atoms with Crippen LogP contribution in [-0.2, 0) is 0 Å². The van der Waals surface area contributed by atoms with Gasteiger partial charge in [-0.1, -0.05) is 0 Å². The lowest BCUT2D eigenvalue weighted by Crippen LogP contribution is -2.17. The summed E-state index contributed by atoms with van der Waals surface area (Å²) in [6, 6.07) is 6.77. The monoisotopic (exact) mass is 274 g/mol. The molecular weight excluding hydrogens is 260 g/mol. The molecule has 0 spiro atoms. The summed E-state index contributed by atoms with van der Waals surface area (Å²) in [5, 5.41) is 7.68. The van der Waals surface area contributed by atoms with E-state index >= 15 is 0 Å². The highest BCUT2D eigenvalue weighted by molar-refractivity contribution is 7.17. The molecule has 3 aromatic rings. The lowest BCUT2D eigenvalue weighted by Gasteiger charge is -2.15. The first-order chi connectivity index (χ1) is 8.78. The van der Waals surface area contributed by atoms with Gasteiger partial charge in [0.05, 0.1) is 16.3 Å². The van der Waals surface area contributed by atoms with Gasteiger partial charge < -0.3 is 5.32 Å². The van der Waals surface area contributed by atoms with Gasteiger partial charge in [-0.05, 0) is 54.1 Å². The van der Waals surface area contributed by atoms with Gasteiger partial charge in [0, 0.05) is 11.1 Å². The maximum Gasteiger partial charge on any atom is 0.0809 e. The maximum atomic E-state index is 4.52. The normalized spacial score (nSPS) is 13.0. The van der Waals surface area contributed by atoms with E-state index in [4.69, 9.17) is 0 Å². The van der Waals surface area contributed by atoms with E-state index in [1.54, 1.807) is 22.7 Å². The van der Waals surface area contributed by atoms with E-state index in [2.05, 4.69) is 46.2 Å². The minimum atomic E-state index is 0.231. The van der Waals surface area contributed by atoms with E-state index < -0.39 is 0 Å². The Labute approximate surface area is 114 Å². The van der Waals surface area contributed by atoms with E-state index in [9.17, 15) is 0 Å². The maximum absolute atomic E-state index is 4.52. The van der Waals surface area contributed by atoms with Gasteiger partial charge in [-0.3, -0.25) is 4.98 Å². The number of aryl methyl sites for hydroxylation is 1. The first kappa shape index (κ1) is 11.8. The number of hydrogen-bond donors (Lipinski definition) is 1. The van der Waals surface area contributed by atoms with Gasteiger partial charge in [0.15, 0.2) is 0 Å². The predicted molar refractivity (Wildman–Crippen MR) is 79.6 cm³/mol. The number of fused-ring (bicyclic) bond motifs is 1. The summed E-state index contributed by atoms with van der Waals surface area (Å²) in [4.78, 5) is 5.86. The van der Waals surface area contributed by atoms with Crippen LogP contribution in [0, 0.1) is 6.92 Å². The summed E-state index contributed by atoms with van der Waals surface area (Å²) in [5.41, 5.74) is 3.63. The minimum absolute atomic E-state index is 0.231. The zero-order valence-electron chi connectivity index (χ0n) is 10.3. The van der Waals surface area contributed by atoms with Crippen LogP contribution in [0.4, 0.5) is 0 Å². The van der Waals surface area contributed by atoms with Crippen molar-refractivity contribution in [3.8, 4) is 0 Å². The van der Waals surface area contributed by atoms with Crippen LogP contribution in [0.5, 0.6) is 0 Å². The highest BCUT2D eigenvalue weighted by Crippen LogP contribution is 2.28. The summed E-state index contributed by atoms with van der Waals surface area (Å²) < 4.78 is 1.25. The van der Waals surface area contributed by atoms with Crippen LogP contribution in [-0.4, -0.2) is 12.0 Å². The van der Waals surface area contributed by atoms with Gasteiger partial charge in [-0.15, -0.1) is 22.7 Å². The molecule has 1 N–H and O–H groups in total. The molecule has 3 aromatic heterocycles. The van der Waals surface area contributed by atoms with Gasteiger partial charge in [0.25, 0.3) is 0 Å². The molecule has 1 unspecified atom stereocenters. The Hall–Kier alpha value is -1.23. The van der Waals surface area contributed by atoms with Crippen molar-refractivity contribution in [1.29, 1.82) is 0 Å². The van der Waals surface area contributed by atoms with Crippen molar-refractivity contribution in [3.05, 3.63) is 51.2 Å². The number of hydrogen-bond acceptors (Lipinski definition) is 4. The zero-order valence-corrected chi connectivity index (χ0v) is 11.9. The molecule has 0 fully saturated rings. The Morgan fingerprint density at radius 3 is 2.83 bits per heavy atom. The van der Waals surface area contributed by atoms with Crippen molar-refractivity contribution in [2.75, 3.05) is 7.05 Å². The van der Waals surface area contributed by atoms with Crippen molar-refractivity contribution >= 4 is 32.9 Å². The smallest absolute Gasteiger partial charge is 0.0809 e. The molecule has 0 amide bonds. The summed E-state index contributed by atoms with van der Waals surface area (Å²) >= 11 is 3.53. The first-order valence-electron chi connectivity index (χ1n) is 5.83. The quantitative estimate of drug-likeness (QED) is 0.781. The molecule has 0 radical (unpaired) electrons. The Morgan fingerprint density at radius 1 is 1.22 bits per heavy atom. The van der Waals surface area contributed by atoms with Gasteiger partial charge in [0.1, 0.15) is 0 Å². The van der Waals surface area contributed by atoms with E-state index in [1.807, 2.05) is 13.2 Å². The molecule has 2 nitrogen and oxygen atoms in total. The Balaban J connectivity index is 2.04. The molecular formula is C14H14N2S2. The Morgan fingerprint density at radius 2 is 2.11 bits per heavy atom. The molecule has 92 valence electrons. The standard InChI is InChI=1S/C14H14N2S2/c1-9-5-11(8-18-9)14(15-2)10-6-13-12(16-7-10)3-4-17-13/h3-8,14-15H,1-2H3. The van der Waals surface area contributed by atoms with Crippen LogP contribution >= 0.6 is 22.7 Å². The third kappa shape index (κ3) is 2.07. The fourth-order valence-corrected chi connectivity index (χ4v) is 3.68. The molecule has 4 heteroatoms. The second-order valence-electron chi connectivity index (χ2n) is 4.29. The highest BCUT2D eigenvalue weighted by atomic mass is 32.1. The fraction of sp³-hybridized carbons (Fsp3) is 0.214. The molecule has 0 saturated carbocycles. The number of rotatable bonds is 3. The van der Waals surface area contributed by atoms with Crippen molar-refractivity contribution in [1.82, 2.24) is 10.3 Å². The largest absolute Gasteiger partial charge is 0.309 e. The molecule has 0 saturated heterocycles. The fourth-order valence-electron chi connectivity index (χ4n) is 2.16. The lowest BCUT2D eigenvalue weighted by atomic mass is 10.0. The number of nitrogens with zero attached hydrogens (tertiary/aromatic N) is 1. The van der Waals surface area contributed by atoms with Crippen LogP contribution in [0.15, 0.2) is 35.2 Å². The molecule has 0 bridgehead atoms. The zero-order chi connectivity index (χ0) is 12.5. The van der Waals surface area contributed by atoms with Crippen LogP contribution in [0.25, 0.3) is 10.2 Å². The molecule has 18 heavy (non-hydrogen) atoms. The second kappa shape index (κ2) is 4.80. The minimum Gasteiger partial charge on any atom is -0.309 e.